The standard InChI is InChI=1S/C24H19F3N4O5/c1-15-21(32)31(17-7-9-19(10-8-17)36-24(25,26)27)23(34)30(15)14-16-11-12-28-20(13-16)29-22(33)35-18-5-3-2-4-6-18/h2-13,15H,14H2,1H3,(H,28,29,33). The Balaban J connectivity index is 1.44. The monoisotopic (exact) mass is 500 g/mol. The first-order valence-corrected chi connectivity index (χ1v) is 10.6. The third kappa shape index (κ3) is 5.71. The first-order valence-electron chi connectivity index (χ1n) is 10.6. The van der Waals surface area contributed by atoms with Crippen LogP contribution < -0.4 is 19.7 Å². The molecule has 186 valence electrons. The minimum Gasteiger partial charge on any atom is -0.410 e. The maximum absolute atomic E-state index is 13.0. The third-order valence-corrected chi connectivity index (χ3v) is 5.17. The maximum atomic E-state index is 13.0. The second kappa shape index (κ2) is 9.94. The van der Waals surface area contributed by atoms with Gasteiger partial charge in [-0.1, -0.05) is 18.2 Å². The van der Waals surface area contributed by atoms with Gasteiger partial charge in [0, 0.05) is 12.7 Å². The molecular weight excluding hydrogens is 481 g/mol. The van der Waals surface area contributed by atoms with Gasteiger partial charge in [-0.25, -0.2) is 19.5 Å². The highest BCUT2D eigenvalue weighted by atomic mass is 19.4. The lowest BCUT2D eigenvalue weighted by Crippen LogP contribution is -2.33. The molecule has 1 atom stereocenters. The van der Waals surface area contributed by atoms with Crippen LogP contribution in [0.15, 0.2) is 72.9 Å². The second-order valence-electron chi connectivity index (χ2n) is 7.68. The lowest BCUT2D eigenvalue weighted by molar-refractivity contribution is -0.274. The number of aromatic nitrogens is 1. The van der Waals surface area contributed by atoms with Crippen molar-refractivity contribution >= 4 is 29.5 Å². The Morgan fingerprint density at radius 3 is 2.39 bits per heavy atom. The van der Waals surface area contributed by atoms with E-state index in [1.807, 2.05) is 0 Å². The van der Waals surface area contributed by atoms with Crippen LogP contribution in [0, 0.1) is 0 Å². The Kier molecular flexibility index (Phi) is 6.77. The zero-order valence-corrected chi connectivity index (χ0v) is 18.7. The number of nitrogens with one attached hydrogen (secondary N) is 1. The van der Waals surface area contributed by atoms with E-state index < -0.39 is 36.2 Å². The SMILES string of the molecule is CC1C(=O)N(c2ccc(OC(F)(F)F)cc2)C(=O)N1Cc1ccnc(NC(=O)Oc2ccccc2)c1. The van der Waals surface area contributed by atoms with Gasteiger partial charge in [-0.3, -0.25) is 10.1 Å². The van der Waals surface area contributed by atoms with E-state index >= 15 is 0 Å². The first kappa shape index (κ1) is 24.5. The molecular formula is C24H19F3N4O5. The van der Waals surface area contributed by atoms with Crippen molar-refractivity contribution in [1.82, 2.24) is 9.88 Å². The molecule has 0 bridgehead atoms. The normalized spacial score (nSPS) is 15.7. The van der Waals surface area contributed by atoms with Gasteiger partial charge >= 0.3 is 18.5 Å². The average molecular weight is 500 g/mol. The number of urea groups is 1. The Morgan fingerprint density at radius 1 is 1.03 bits per heavy atom. The maximum Gasteiger partial charge on any atom is 0.573 e. The number of pyridine rings is 1. The molecule has 12 heteroatoms. The number of alkyl halides is 3. The molecule has 36 heavy (non-hydrogen) atoms. The summed E-state index contributed by atoms with van der Waals surface area (Å²) < 4.78 is 46.2. The van der Waals surface area contributed by atoms with Gasteiger partial charge in [0.25, 0.3) is 5.91 Å². The summed E-state index contributed by atoms with van der Waals surface area (Å²) in [5, 5.41) is 2.50. The van der Waals surface area contributed by atoms with Crippen LogP contribution in [0.5, 0.6) is 11.5 Å². The molecule has 1 aliphatic rings. The Bertz CT molecular complexity index is 1270. The van der Waals surface area contributed by atoms with Crippen LogP contribution in [0.25, 0.3) is 0 Å². The predicted octanol–water partition coefficient (Wildman–Crippen LogP) is 4.95. The van der Waals surface area contributed by atoms with E-state index in [4.69, 9.17) is 4.74 Å². The molecule has 0 aliphatic carbocycles. The zero-order valence-electron chi connectivity index (χ0n) is 18.7. The predicted molar refractivity (Wildman–Crippen MR) is 121 cm³/mol. The van der Waals surface area contributed by atoms with E-state index in [9.17, 15) is 27.6 Å². The number of halogens is 3. The van der Waals surface area contributed by atoms with Crippen molar-refractivity contribution in [1.29, 1.82) is 0 Å². The van der Waals surface area contributed by atoms with Crippen LogP contribution in [-0.2, 0) is 11.3 Å². The topological polar surface area (TPSA) is 101 Å². The van der Waals surface area contributed by atoms with E-state index in [1.165, 1.54) is 29.3 Å². The molecule has 3 aromatic rings. The first-order chi connectivity index (χ1) is 17.1. The average Bonchev–Trinajstić information content (AvgIpc) is 3.02. The minimum absolute atomic E-state index is 0.0163. The molecule has 2 heterocycles. The number of carbonyl (C=O) groups is 3. The van der Waals surface area contributed by atoms with Crippen molar-refractivity contribution in [2.45, 2.75) is 25.9 Å². The van der Waals surface area contributed by atoms with E-state index in [-0.39, 0.29) is 18.1 Å². The molecule has 1 saturated heterocycles. The zero-order chi connectivity index (χ0) is 25.9. The van der Waals surface area contributed by atoms with Crippen LogP contribution in [0.1, 0.15) is 12.5 Å². The molecule has 4 rings (SSSR count). The molecule has 1 aromatic heterocycles. The van der Waals surface area contributed by atoms with Crippen molar-refractivity contribution < 1.29 is 37.0 Å². The number of hydrogen-bond donors (Lipinski definition) is 1. The van der Waals surface area contributed by atoms with E-state index in [0.29, 0.717) is 11.3 Å². The van der Waals surface area contributed by atoms with Gasteiger partial charge < -0.3 is 14.4 Å². The number of benzene rings is 2. The number of hydrogen-bond acceptors (Lipinski definition) is 6. The van der Waals surface area contributed by atoms with E-state index in [1.54, 1.807) is 43.3 Å². The van der Waals surface area contributed by atoms with Gasteiger partial charge in [0.05, 0.1) is 5.69 Å². The van der Waals surface area contributed by atoms with Gasteiger partial charge in [0.1, 0.15) is 23.4 Å². The molecule has 0 spiro atoms. The van der Waals surface area contributed by atoms with Crippen molar-refractivity contribution in [3.05, 3.63) is 78.5 Å². The number of ether oxygens (including phenoxy) is 2. The van der Waals surface area contributed by atoms with E-state index in [2.05, 4.69) is 15.0 Å². The fourth-order valence-electron chi connectivity index (χ4n) is 3.51. The smallest absolute Gasteiger partial charge is 0.410 e. The Morgan fingerprint density at radius 2 is 1.72 bits per heavy atom. The fourth-order valence-corrected chi connectivity index (χ4v) is 3.51. The molecule has 1 aliphatic heterocycles. The molecule has 1 N–H and O–H groups in total. The summed E-state index contributed by atoms with van der Waals surface area (Å²) in [5.41, 5.74) is 0.679. The molecule has 0 saturated carbocycles. The third-order valence-electron chi connectivity index (χ3n) is 5.17. The number of nitrogens with zero attached hydrogens (tertiary/aromatic N) is 3. The summed E-state index contributed by atoms with van der Waals surface area (Å²) in [7, 11) is 0. The quantitative estimate of drug-likeness (QED) is 0.481. The van der Waals surface area contributed by atoms with Crippen LogP contribution in [0.3, 0.4) is 0 Å². The summed E-state index contributed by atoms with van der Waals surface area (Å²) in [6, 6.07) is 14.5. The van der Waals surface area contributed by atoms with Crippen LogP contribution in [-0.4, -0.2) is 40.3 Å². The highest BCUT2D eigenvalue weighted by Gasteiger charge is 2.43. The summed E-state index contributed by atoms with van der Waals surface area (Å²) in [6.45, 7) is 1.56. The largest absolute Gasteiger partial charge is 0.573 e. The molecule has 9 nitrogen and oxygen atoms in total. The summed E-state index contributed by atoms with van der Waals surface area (Å²) in [6.07, 6.45) is -4.18. The summed E-state index contributed by atoms with van der Waals surface area (Å²) in [5.74, 6) is -0.489. The van der Waals surface area contributed by atoms with Crippen molar-refractivity contribution in [2.24, 2.45) is 0 Å². The summed E-state index contributed by atoms with van der Waals surface area (Å²) in [4.78, 5) is 44.2. The molecule has 1 unspecified atom stereocenters. The molecule has 2 aromatic carbocycles. The fraction of sp³-hybridized carbons (Fsp3) is 0.167. The Hall–Kier alpha value is -4.61. The second-order valence-corrected chi connectivity index (χ2v) is 7.68. The van der Waals surface area contributed by atoms with Gasteiger partial charge in [-0.15, -0.1) is 13.2 Å². The number of amides is 4. The van der Waals surface area contributed by atoms with Crippen LogP contribution in [0.4, 0.5) is 34.3 Å². The lowest BCUT2D eigenvalue weighted by atomic mass is 10.2. The van der Waals surface area contributed by atoms with Gasteiger partial charge in [0.15, 0.2) is 0 Å². The van der Waals surface area contributed by atoms with Crippen LogP contribution in [0.2, 0.25) is 0 Å². The van der Waals surface area contributed by atoms with Crippen LogP contribution >= 0.6 is 0 Å². The highest BCUT2D eigenvalue weighted by Crippen LogP contribution is 2.30. The number of carbonyl (C=O) groups excluding carboxylic acids is 3. The molecule has 1 fully saturated rings. The number of imide groups is 1. The highest BCUT2D eigenvalue weighted by molar-refractivity contribution is 6.21. The molecule has 4 amide bonds. The summed E-state index contributed by atoms with van der Waals surface area (Å²) >= 11 is 0. The minimum atomic E-state index is -4.86. The molecule has 0 radical (unpaired) electrons. The van der Waals surface area contributed by atoms with Crippen molar-refractivity contribution in [3.63, 3.8) is 0 Å². The number of para-hydroxylation sites is 1. The lowest BCUT2D eigenvalue weighted by Gasteiger charge is -2.20. The van der Waals surface area contributed by atoms with Gasteiger partial charge in [0.2, 0.25) is 0 Å². The number of anilines is 2. The Labute approximate surface area is 203 Å². The van der Waals surface area contributed by atoms with Gasteiger partial charge in [-0.2, -0.15) is 0 Å². The number of rotatable bonds is 6. The van der Waals surface area contributed by atoms with E-state index in [0.717, 1.165) is 17.0 Å². The van der Waals surface area contributed by atoms with Gasteiger partial charge in [-0.05, 0) is 61.0 Å². The van der Waals surface area contributed by atoms with Crippen molar-refractivity contribution in [3.8, 4) is 11.5 Å². The van der Waals surface area contributed by atoms with Crippen molar-refractivity contribution in [2.75, 3.05) is 10.2 Å².